The van der Waals surface area contributed by atoms with Gasteiger partial charge in [0.05, 0.1) is 18.3 Å². The van der Waals surface area contributed by atoms with Crippen molar-refractivity contribution < 1.29 is 19.4 Å². The van der Waals surface area contributed by atoms with E-state index in [1.165, 1.54) is 11.8 Å². The van der Waals surface area contributed by atoms with E-state index in [2.05, 4.69) is 0 Å². The molecule has 0 fully saturated rings. The molecule has 0 bridgehead atoms. The number of hydrogen-bond donors (Lipinski definition) is 1. The van der Waals surface area contributed by atoms with Crippen molar-refractivity contribution in [2.45, 2.75) is 48.5 Å². The number of carboxylic acid groups (broad SMARTS) is 1. The normalized spacial score (nSPS) is 10.2. The predicted octanol–water partition coefficient (Wildman–Crippen LogP) is 3.45. The first-order valence-electron chi connectivity index (χ1n) is 5.30. The number of thioether (sulfide) groups is 1. The topological polar surface area (TPSA) is 63.6 Å². The highest BCUT2D eigenvalue weighted by molar-refractivity contribution is 7.99. The van der Waals surface area contributed by atoms with E-state index >= 15 is 0 Å². The van der Waals surface area contributed by atoms with Gasteiger partial charge in [-0.15, -0.1) is 11.8 Å². The number of ketones is 1. The molecule has 5 heteroatoms. The van der Waals surface area contributed by atoms with Crippen LogP contribution in [0.2, 0.25) is 0 Å². The monoisotopic (exact) mass is 280 g/mol. The average molecular weight is 280 g/mol. The van der Waals surface area contributed by atoms with Crippen LogP contribution in [0.3, 0.4) is 0 Å². The molecule has 0 unspecified atom stereocenters. The van der Waals surface area contributed by atoms with Gasteiger partial charge in [-0.05, 0) is 6.42 Å². The third-order valence-electron chi connectivity index (χ3n) is 2.50. The summed E-state index contributed by atoms with van der Waals surface area (Å²) in [5.41, 5.74) is -0.280. The van der Waals surface area contributed by atoms with Gasteiger partial charge in [0.1, 0.15) is 5.78 Å². The highest BCUT2D eigenvalue weighted by Crippen LogP contribution is 2.22. The van der Waals surface area contributed by atoms with Crippen molar-refractivity contribution in [2.24, 2.45) is 5.41 Å². The summed E-state index contributed by atoms with van der Waals surface area (Å²) in [7, 11) is 0. The molecule has 0 atom stereocenters. The fourth-order valence-corrected chi connectivity index (χ4v) is 1.44. The molecule has 0 rings (SSSR count). The molecule has 0 radical (unpaired) electrons. The van der Waals surface area contributed by atoms with Crippen LogP contribution in [0.1, 0.15) is 48.5 Å². The second-order valence-electron chi connectivity index (χ2n) is 4.18. The Bertz CT molecular complexity index is 239. The third kappa shape index (κ3) is 10.6. The van der Waals surface area contributed by atoms with Gasteiger partial charge in [0.2, 0.25) is 0 Å². The van der Waals surface area contributed by atoms with Gasteiger partial charge in [-0.3, -0.25) is 9.59 Å². The van der Waals surface area contributed by atoms with E-state index in [1.807, 2.05) is 20.8 Å². The second kappa shape index (κ2) is 11.5. The first-order valence-corrected chi connectivity index (χ1v) is 6.46. The third-order valence-corrected chi connectivity index (χ3v) is 3.29. The van der Waals surface area contributed by atoms with Gasteiger partial charge in [0.15, 0.2) is 0 Å². The molecule has 0 aliphatic heterocycles. The number of hydrogen-bond acceptors (Lipinski definition) is 4. The molecule has 0 aliphatic rings. The van der Waals surface area contributed by atoms with Crippen LogP contribution in [-0.4, -0.2) is 35.2 Å². The van der Waals surface area contributed by atoms with Gasteiger partial charge in [0.25, 0.3) is 0 Å². The van der Waals surface area contributed by atoms with E-state index in [-0.39, 0.29) is 31.8 Å². The lowest BCUT2D eigenvalue weighted by atomic mass is 9.84. The minimum atomic E-state index is -0.850. The van der Waals surface area contributed by atoms with Crippen molar-refractivity contribution >= 4 is 23.5 Å². The maximum atomic E-state index is 11.7. The van der Waals surface area contributed by atoms with Gasteiger partial charge < -0.3 is 9.84 Å². The Labute approximate surface area is 115 Å². The molecule has 0 heterocycles. The maximum absolute atomic E-state index is 11.7. The van der Waals surface area contributed by atoms with Crippen LogP contribution in [-0.2, 0) is 14.3 Å². The van der Waals surface area contributed by atoms with Crippen LogP contribution in [0, 0.1) is 5.41 Å². The maximum Gasteiger partial charge on any atom is 0.313 e. The largest absolute Gasteiger partial charge is 0.481 e. The smallest absolute Gasteiger partial charge is 0.313 e. The minimum absolute atomic E-state index is 0. The summed E-state index contributed by atoms with van der Waals surface area (Å²) in [5.74, 6) is -0.296. The number of aliphatic carboxylic acids is 1. The number of Topliss-reactive ketones (excluding diaryl/α,β-unsaturated/α-hetero) is 1. The van der Waals surface area contributed by atoms with Gasteiger partial charge >= 0.3 is 5.97 Å². The Morgan fingerprint density at radius 1 is 1.28 bits per heavy atom. The minimum Gasteiger partial charge on any atom is -0.481 e. The van der Waals surface area contributed by atoms with E-state index in [0.717, 1.165) is 6.42 Å². The summed E-state index contributed by atoms with van der Waals surface area (Å²) < 4.78 is 5.17. The Kier molecular flexibility index (Phi) is 14.5. The zero-order valence-electron chi connectivity index (χ0n) is 10.1. The summed E-state index contributed by atoms with van der Waals surface area (Å²) >= 11 is 1.19. The van der Waals surface area contributed by atoms with Crippen LogP contribution in [0.4, 0.5) is 0 Å². The van der Waals surface area contributed by atoms with E-state index in [9.17, 15) is 9.59 Å². The SMILES string of the molecule is C.C.CCC(C)(C)C(=O)CCOCSCC(=O)O. The van der Waals surface area contributed by atoms with E-state index in [1.54, 1.807) is 0 Å². The number of carbonyl (C=O) groups is 2. The fourth-order valence-electron chi connectivity index (χ4n) is 0.947. The number of rotatable bonds is 9. The number of ether oxygens (including phenoxy) is 1. The van der Waals surface area contributed by atoms with E-state index in [4.69, 9.17) is 9.84 Å². The highest BCUT2D eigenvalue weighted by Gasteiger charge is 2.24. The van der Waals surface area contributed by atoms with E-state index < -0.39 is 5.97 Å². The summed E-state index contributed by atoms with van der Waals surface area (Å²) in [4.78, 5) is 21.8. The van der Waals surface area contributed by atoms with Crippen molar-refractivity contribution in [1.82, 2.24) is 0 Å². The molecule has 0 spiro atoms. The van der Waals surface area contributed by atoms with Crippen LogP contribution < -0.4 is 0 Å². The van der Waals surface area contributed by atoms with Crippen LogP contribution in [0.25, 0.3) is 0 Å². The summed E-state index contributed by atoms with van der Waals surface area (Å²) in [5, 5.41) is 8.37. The Morgan fingerprint density at radius 3 is 2.28 bits per heavy atom. The lowest BCUT2D eigenvalue weighted by Gasteiger charge is -2.20. The molecule has 0 aromatic heterocycles. The molecule has 0 aromatic rings. The Hall–Kier alpha value is -0.550. The zero-order chi connectivity index (χ0) is 12.6. The van der Waals surface area contributed by atoms with Crippen molar-refractivity contribution in [3.8, 4) is 0 Å². The molecule has 110 valence electrons. The van der Waals surface area contributed by atoms with Crippen LogP contribution >= 0.6 is 11.8 Å². The second-order valence-corrected chi connectivity index (χ2v) is 5.11. The quantitative estimate of drug-likeness (QED) is 0.517. The average Bonchev–Trinajstić information content (AvgIpc) is 2.22. The van der Waals surface area contributed by atoms with Crippen LogP contribution in [0.15, 0.2) is 0 Å². The Morgan fingerprint density at radius 2 is 1.83 bits per heavy atom. The molecular weight excluding hydrogens is 252 g/mol. The van der Waals surface area contributed by atoms with Crippen LogP contribution in [0.5, 0.6) is 0 Å². The fraction of sp³-hybridized carbons (Fsp3) is 0.846. The summed E-state index contributed by atoms with van der Waals surface area (Å²) in [6.45, 7) is 6.21. The molecule has 0 saturated carbocycles. The summed E-state index contributed by atoms with van der Waals surface area (Å²) in [6, 6.07) is 0. The van der Waals surface area contributed by atoms with Crippen molar-refractivity contribution in [1.29, 1.82) is 0 Å². The molecule has 0 saturated heterocycles. The predicted molar refractivity (Wildman–Crippen MR) is 78.1 cm³/mol. The highest BCUT2D eigenvalue weighted by atomic mass is 32.2. The molecule has 18 heavy (non-hydrogen) atoms. The lowest BCUT2D eigenvalue weighted by molar-refractivity contribution is -0.134. The zero-order valence-corrected chi connectivity index (χ0v) is 10.9. The lowest BCUT2D eigenvalue weighted by Crippen LogP contribution is -2.24. The molecule has 0 aromatic carbocycles. The van der Waals surface area contributed by atoms with Gasteiger partial charge in [0, 0.05) is 11.8 Å². The van der Waals surface area contributed by atoms with Gasteiger partial charge in [-0.1, -0.05) is 35.6 Å². The first-order chi connectivity index (χ1) is 7.40. The van der Waals surface area contributed by atoms with Gasteiger partial charge in [-0.2, -0.15) is 0 Å². The van der Waals surface area contributed by atoms with Crippen molar-refractivity contribution in [3.05, 3.63) is 0 Å². The molecule has 1 N–H and O–H groups in total. The van der Waals surface area contributed by atoms with Crippen molar-refractivity contribution in [3.63, 3.8) is 0 Å². The summed E-state index contributed by atoms with van der Waals surface area (Å²) in [6.07, 6.45) is 1.22. The first kappa shape index (κ1) is 22.6. The standard InChI is InChI=1S/C11H20O4S.2CH4/c1-4-11(2,3)9(12)5-6-15-8-16-7-10(13)14;;/h4-8H2,1-3H3,(H,13,14);2*1H4. The molecular formula is C13H28O4S. The van der Waals surface area contributed by atoms with Gasteiger partial charge in [-0.25, -0.2) is 0 Å². The molecule has 0 aliphatic carbocycles. The van der Waals surface area contributed by atoms with E-state index in [0.29, 0.717) is 19.0 Å². The number of carbonyl (C=O) groups excluding carboxylic acids is 1. The molecule has 0 amide bonds. The number of carboxylic acids is 1. The Balaban J connectivity index is -0.00000112. The van der Waals surface area contributed by atoms with Crippen molar-refractivity contribution in [2.75, 3.05) is 18.3 Å². The molecule has 4 nitrogen and oxygen atoms in total.